The predicted octanol–water partition coefficient (Wildman–Crippen LogP) is 2.53. The molecular formula is C12H6F4N4. The van der Waals surface area contributed by atoms with Gasteiger partial charge in [0.2, 0.25) is 5.95 Å². The van der Waals surface area contributed by atoms with Crippen molar-refractivity contribution in [2.45, 2.75) is 0 Å². The molecular weight excluding hydrogens is 276 g/mol. The summed E-state index contributed by atoms with van der Waals surface area (Å²) in [5.74, 6) is -4.62. The zero-order chi connectivity index (χ0) is 14.4. The van der Waals surface area contributed by atoms with Crippen molar-refractivity contribution in [1.29, 1.82) is 0 Å². The molecule has 2 N–H and O–H groups in total. The Morgan fingerprint density at radius 3 is 2.50 bits per heavy atom. The number of nitrogens with zero attached hydrogens (tertiary/aromatic N) is 3. The van der Waals surface area contributed by atoms with Crippen LogP contribution in [0.25, 0.3) is 16.8 Å². The van der Waals surface area contributed by atoms with Crippen molar-refractivity contribution in [3.63, 3.8) is 0 Å². The lowest BCUT2D eigenvalue weighted by Crippen LogP contribution is -2.03. The SMILES string of the molecule is Nc1ncc2c(F)cc(-c3cc(F)cc(F)c3F)n2n1. The quantitative estimate of drug-likeness (QED) is 0.551. The Bertz CT molecular complexity index is 828. The van der Waals surface area contributed by atoms with Gasteiger partial charge >= 0.3 is 0 Å². The standard InChI is InChI=1S/C12H6F4N4/c13-5-1-6(11(16)8(15)2-5)9-3-7(14)10-4-18-12(17)19-20(9)10/h1-4H,(H2,17,19). The molecule has 8 heteroatoms. The van der Waals surface area contributed by atoms with Crippen LogP contribution in [0.5, 0.6) is 0 Å². The molecule has 0 unspecified atom stereocenters. The summed E-state index contributed by atoms with van der Waals surface area (Å²) in [6.45, 7) is 0. The van der Waals surface area contributed by atoms with E-state index in [9.17, 15) is 17.6 Å². The van der Waals surface area contributed by atoms with Crippen molar-refractivity contribution in [3.8, 4) is 11.3 Å². The summed E-state index contributed by atoms with van der Waals surface area (Å²) in [6, 6.07) is 2.05. The highest BCUT2D eigenvalue weighted by molar-refractivity contribution is 5.67. The maximum Gasteiger partial charge on any atom is 0.238 e. The minimum absolute atomic E-state index is 0.0849. The minimum atomic E-state index is -1.38. The Balaban J connectivity index is 2.38. The molecule has 1 aromatic carbocycles. The van der Waals surface area contributed by atoms with Gasteiger partial charge in [-0.15, -0.1) is 5.10 Å². The number of nitrogen functional groups attached to an aromatic ring is 1. The summed E-state index contributed by atoms with van der Waals surface area (Å²) in [6.07, 6.45) is 1.09. The Labute approximate surface area is 109 Å². The van der Waals surface area contributed by atoms with Crippen LogP contribution in [0.2, 0.25) is 0 Å². The molecule has 0 atom stereocenters. The van der Waals surface area contributed by atoms with Crippen molar-refractivity contribution < 1.29 is 17.6 Å². The van der Waals surface area contributed by atoms with E-state index < -0.39 is 28.8 Å². The van der Waals surface area contributed by atoms with E-state index in [1.165, 1.54) is 0 Å². The Morgan fingerprint density at radius 1 is 1.00 bits per heavy atom. The van der Waals surface area contributed by atoms with Crippen LogP contribution in [0.1, 0.15) is 0 Å². The molecule has 0 aliphatic carbocycles. The summed E-state index contributed by atoms with van der Waals surface area (Å²) in [7, 11) is 0. The van der Waals surface area contributed by atoms with Gasteiger partial charge in [-0.1, -0.05) is 0 Å². The minimum Gasteiger partial charge on any atom is -0.367 e. The molecule has 0 fully saturated rings. The maximum atomic E-state index is 13.8. The smallest absolute Gasteiger partial charge is 0.238 e. The molecule has 0 spiro atoms. The Hall–Kier alpha value is -2.64. The predicted molar refractivity (Wildman–Crippen MR) is 62.7 cm³/mol. The van der Waals surface area contributed by atoms with Crippen LogP contribution >= 0.6 is 0 Å². The lowest BCUT2D eigenvalue weighted by atomic mass is 10.1. The number of fused-ring (bicyclic) bond motifs is 1. The van der Waals surface area contributed by atoms with E-state index in [1.54, 1.807) is 0 Å². The number of benzene rings is 1. The van der Waals surface area contributed by atoms with Crippen LogP contribution < -0.4 is 5.73 Å². The van der Waals surface area contributed by atoms with Crippen LogP contribution in [0, 0.1) is 23.3 Å². The fourth-order valence-electron chi connectivity index (χ4n) is 1.90. The first-order valence-corrected chi connectivity index (χ1v) is 5.42. The van der Waals surface area contributed by atoms with Crippen molar-refractivity contribution >= 4 is 11.5 Å². The third-order valence-corrected chi connectivity index (χ3v) is 2.76. The van der Waals surface area contributed by atoms with Gasteiger partial charge in [0.05, 0.1) is 11.9 Å². The van der Waals surface area contributed by atoms with Gasteiger partial charge in [-0.05, 0) is 6.07 Å². The Kier molecular flexibility index (Phi) is 2.60. The summed E-state index contributed by atoms with van der Waals surface area (Å²) in [4.78, 5) is 3.60. The van der Waals surface area contributed by atoms with Gasteiger partial charge in [0.15, 0.2) is 17.5 Å². The number of halogens is 4. The fourth-order valence-corrected chi connectivity index (χ4v) is 1.90. The second-order valence-corrected chi connectivity index (χ2v) is 4.04. The summed E-state index contributed by atoms with van der Waals surface area (Å²) in [5, 5.41) is 3.71. The highest BCUT2D eigenvalue weighted by Gasteiger charge is 2.19. The highest BCUT2D eigenvalue weighted by atomic mass is 19.2. The first-order chi connectivity index (χ1) is 9.47. The molecule has 102 valence electrons. The van der Waals surface area contributed by atoms with Crippen LogP contribution in [0.4, 0.5) is 23.5 Å². The number of aromatic nitrogens is 3. The first-order valence-electron chi connectivity index (χ1n) is 5.42. The van der Waals surface area contributed by atoms with Crippen LogP contribution in [0.3, 0.4) is 0 Å². The van der Waals surface area contributed by atoms with E-state index in [0.717, 1.165) is 22.8 Å². The normalized spacial score (nSPS) is 11.2. The topological polar surface area (TPSA) is 56.2 Å². The number of rotatable bonds is 1. The van der Waals surface area contributed by atoms with Gasteiger partial charge < -0.3 is 5.73 Å². The molecule has 0 aliphatic rings. The third-order valence-electron chi connectivity index (χ3n) is 2.76. The van der Waals surface area contributed by atoms with Crippen molar-refractivity contribution in [3.05, 3.63) is 47.7 Å². The number of nitrogens with two attached hydrogens (primary N) is 1. The number of hydrogen-bond donors (Lipinski definition) is 1. The molecule has 0 amide bonds. The van der Waals surface area contributed by atoms with Gasteiger partial charge in [-0.2, -0.15) is 0 Å². The van der Waals surface area contributed by atoms with Crippen molar-refractivity contribution in [1.82, 2.24) is 14.6 Å². The van der Waals surface area contributed by atoms with Crippen molar-refractivity contribution in [2.24, 2.45) is 0 Å². The molecule has 0 saturated carbocycles. The molecule has 3 aromatic rings. The summed E-state index contributed by atoms with van der Waals surface area (Å²) < 4.78 is 54.8. The van der Waals surface area contributed by atoms with E-state index >= 15 is 0 Å². The second kappa shape index (κ2) is 4.19. The molecule has 0 radical (unpaired) electrons. The number of anilines is 1. The van der Waals surface area contributed by atoms with Gasteiger partial charge in [0, 0.05) is 17.7 Å². The summed E-state index contributed by atoms with van der Waals surface area (Å²) >= 11 is 0. The van der Waals surface area contributed by atoms with E-state index in [-0.39, 0.29) is 17.2 Å². The average Bonchev–Trinajstić information content (AvgIpc) is 2.70. The molecule has 2 aromatic heterocycles. The zero-order valence-electron chi connectivity index (χ0n) is 9.74. The molecule has 0 bridgehead atoms. The van der Waals surface area contributed by atoms with Gasteiger partial charge in [0.1, 0.15) is 11.3 Å². The third kappa shape index (κ3) is 1.77. The Morgan fingerprint density at radius 2 is 1.75 bits per heavy atom. The number of hydrogen-bond acceptors (Lipinski definition) is 3. The molecule has 20 heavy (non-hydrogen) atoms. The van der Waals surface area contributed by atoms with Gasteiger partial charge in [-0.25, -0.2) is 27.1 Å². The van der Waals surface area contributed by atoms with Crippen LogP contribution in [-0.4, -0.2) is 14.6 Å². The molecule has 3 rings (SSSR count). The zero-order valence-corrected chi connectivity index (χ0v) is 9.74. The fraction of sp³-hybridized carbons (Fsp3) is 0. The molecule has 0 aliphatic heterocycles. The monoisotopic (exact) mass is 282 g/mol. The largest absolute Gasteiger partial charge is 0.367 e. The van der Waals surface area contributed by atoms with Gasteiger partial charge in [0.25, 0.3) is 0 Å². The van der Waals surface area contributed by atoms with Gasteiger partial charge in [-0.3, -0.25) is 0 Å². The molecule has 2 heterocycles. The molecule has 4 nitrogen and oxygen atoms in total. The van der Waals surface area contributed by atoms with E-state index in [0.29, 0.717) is 6.07 Å². The lowest BCUT2D eigenvalue weighted by Gasteiger charge is -2.05. The van der Waals surface area contributed by atoms with E-state index in [4.69, 9.17) is 5.73 Å². The highest BCUT2D eigenvalue weighted by Crippen LogP contribution is 2.28. The average molecular weight is 282 g/mol. The van der Waals surface area contributed by atoms with E-state index in [2.05, 4.69) is 10.1 Å². The molecule has 0 saturated heterocycles. The van der Waals surface area contributed by atoms with Crippen molar-refractivity contribution in [2.75, 3.05) is 5.73 Å². The lowest BCUT2D eigenvalue weighted by molar-refractivity contribution is 0.497. The van der Waals surface area contributed by atoms with E-state index in [1.807, 2.05) is 0 Å². The first kappa shape index (κ1) is 12.4. The summed E-state index contributed by atoms with van der Waals surface area (Å²) in [5.41, 5.74) is 4.66. The van der Waals surface area contributed by atoms with Crippen LogP contribution in [-0.2, 0) is 0 Å². The maximum absolute atomic E-state index is 13.8. The van der Waals surface area contributed by atoms with Crippen LogP contribution in [0.15, 0.2) is 24.4 Å². The second-order valence-electron chi connectivity index (χ2n) is 4.04.